The molecule has 0 aromatic heterocycles. The minimum Gasteiger partial charge on any atom is -0.315 e. The molecule has 1 aliphatic rings. The van der Waals surface area contributed by atoms with Gasteiger partial charge in [0.2, 0.25) is 0 Å². The van der Waals surface area contributed by atoms with Crippen molar-refractivity contribution in [3.05, 3.63) is 0 Å². The zero-order valence-electron chi connectivity index (χ0n) is 11.5. The second kappa shape index (κ2) is 8.08. The van der Waals surface area contributed by atoms with Crippen molar-refractivity contribution in [2.45, 2.75) is 71.4 Å². The number of hydrogen-bond donors (Lipinski definition) is 1. The van der Waals surface area contributed by atoms with Crippen LogP contribution in [0.3, 0.4) is 0 Å². The van der Waals surface area contributed by atoms with Gasteiger partial charge in [0, 0.05) is 12.1 Å². The molecule has 0 aromatic carbocycles. The van der Waals surface area contributed by atoms with Crippen LogP contribution >= 0.6 is 0 Å². The van der Waals surface area contributed by atoms with Gasteiger partial charge in [-0.3, -0.25) is 0 Å². The lowest BCUT2D eigenvalue weighted by molar-refractivity contribution is 0.262. The van der Waals surface area contributed by atoms with Crippen LogP contribution in [0.2, 0.25) is 0 Å². The van der Waals surface area contributed by atoms with Gasteiger partial charge in [0.25, 0.3) is 0 Å². The van der Waals surface area contributed by atoms with Gasteiger partial charge in [-0.15, -0.1) is 0 Å². The van der Waals surface area contributed by atoms with Crippen molar-refractivity contribution < 1.29 is 0 Å². The molecule has 0 spiro atoms. The third-order valence-corrected chi connectivity index (χ3v) is 3.62. The number of likely N-dealkylation sites (tertiary alicyclic amines) is 1. The molecule has 1 heterocycles. The van der Waals surface area contributed by atoms with E-state index in [4.69, 9.17) is 0 Å². The molecule has 0 saturated carbocycles. The van der Waals surface area contributed by atoms with E-state index >= 15 is 0 Å². The monoisotopic (exact) mass is 226 g/mol. The van der Waals surface area contributed by atoms with Gasteiger partial charge in [0.15, 0.2) is 0 Å². The van der Waals surface area contributed by atoms with Gasteiger partial charge >= 0.3 is 0 Å². The van der Waals surface area contributed by atoms with Crippen LogP contribution in [0.4, 0.5) is 0 Å². The quantitative estimate of drug-likeness (QED) is 0.640. The molecule has 1 N–H and O–H groups in total. The lowest BCUT2D eigenvalue weighted by atomic mass is 10.1. The zero-order chi connectivity index (χ0) is 11.8. The summed E-state index contributed by atoms with van der Waals surface area (Å²) in [5.74, 6) is 0. The normalized spacial score (nSPS) is 22.1. The van der Waals surface area contributed by atoms with E-state index in [1.807, 2.05) is 0 Å². The number of rotatable bonds is 8. The summed E-state index contributed by atoms with van der Waals surface area (Å²) >= 11 is 0. The molecule has 2 heteroatoms. The van der Waals surface area contributed by atoms with Crippen LogP contribution in [0.25, 0.3) is 0 Å². The molecule has 1 rings (SSSR count). The fourth-order valence-corrected chi connectivity index (χ4v) is 2.51. The molecule has 0 amide bonds. The summed E-state index contributed by atoms with van der Waals surface area (Å²) in [5.41, 5.74) is 0. The maximum absolute atomic E-state index is 3.47. The maximum Gasteiger partial charge on any atom is 0.00674 e. The minimum atomic E-state index is 0.644. The largest absolute Gasteiger partial charge is 0.315 e. The van der Waals surface area contributed by atoms with Crippen molar-refractivity contribution in [1.29, 1.82) is 0 Å². The average molecular weight is 226 g/mol. The van der Waals surface area contributed by atoms with E-state index in [2.05, 4.69) is 31.0 Å². The van der Waals surface area contributed by atoms with Gasteiger partial charge in [-0.25, -0.2) is 0 Å². The lowest BCUT2D eigenvalue weighted by Crippen LogP contribution is -2.27. The first kappa shape index (κ1) is 14.0. The summed E-state index contributed by atoms with van der Waals surface area (Å²) < 4.78 is 0. The van der Waals surface area contributed by atoms with Crippen molar-refractivity contribution in [3.63, 3.8) is 0 Å². The summed E-state index contributed by atoms with van der Waals surface area (Å²) in [7, 11) is 0. The van der Waals surface area contributed by atoms with Crippen LogP contribution < -0.4 is 5.32 Å². The Bertz CT molecular complexity index is 168. The first-order valence-electron chi connectivity index (χ1n) is 7.17. The molecule has 1 unspecified atom stereocenters. The van der Waals surface area contributed by atoms with Crippen molar-refractivity contribution in [3.8, 4) is 0 Å². The molecule has 1 aliphatic heterocycles. The molecular weight excluding hydrogens is 196 g/mol. The fraction of sp³-hybridized carbons (Fsp3) is 1.00. The van der Waals surface area contributed by atoms with E-state index in [9.17, 15) is 0 Å². The highest BCUT2D eigenvalue weighted by molar-refractivity contribution is 4.74. The van der Waals surface area contributed by atoms with E-state index in [1.54, 1.807) is 0 Å². The Morgan fingerprint density at radius 3 is 2.56 bits per heavy atom. The molecule has 96 valence electrons. The smallest absolute Gasteiger partial charge is 0.00674 e. The summed E-state index contributed by atoms with van der Waals surface area (Å²) in [4.78, 5) is 2.66. The van der Waals surface area contributed by atoms with Gasteiger partial charge in [-0.05, 0) is 52.2 Å². The molecule has 2 nitrogen and oxygen atoms in total. The van der Waals surface area contributed by atoms with Crippen LogP contribution in [-0.2, 0) is 0 Å². The van der Waals surface area contributed by atoms with Gasteiger partial charge in [0.1, 0.15) is 0 Å². The van der Waals surface area contributed by atoms with Crippen molar-refractivity contribution >= 4 is 0 Å². The third-order valence-electron chi connectivity index (χ3n) is 3.62. The number of hydrogen-bond acceptors (Lipinski definition) is 2. The molecule has 1 atom stereocenters. The van der Waals surface area contributed by atoms with E-state index < -0.39 is 0 Å². The maximum atomic E-state index is 3.47. The van der Waals surface area contributed by atoms with E-state index in [-0.39, 0.29) is 0 Å². The van der Waals surface area contributed by atoms with Crippen molar-refractivity contribution in [2.24, 2.45) is 0 Å². The predicted octanol–water partition coefficient (Wildman–Crippen LogP) is 3.03. The summed E-state index contributed by atoms with van der Waals surface area (Å²) in [6, 6.07) is 1.49. The Morgan fingerprint density at radius 2 is 1.94 bits per heavy atom. The fourth-order valence-electron chi connectivity index (χ4n) is 2.51. The molecule has 0 bridgehead atoms. The highest BCUT2D eigenvalue weighted by atomic mass is 15.2. The highest BCUT2D eigenvalue weighted by Gasteiger charge is 2.18. The second-order valence-corrected chi connectivity index (χ2v) is 5.55. The highest BCUT2D eigenvalue weighted by Crippen LogP contribution is 2.16. The molecule has 0 aliphatic carbocycles. The Labute approximate surface area is 102 Å². The Balaban J connectivity index is 1.84. The molecule has 1 saturated heterocycles. The van der Waals surface area contributed by atoms with Crippen LogP contribution in [-0.4, -0.2) is 36.6 Å². The molecule has 0 radical (unpaired) electrons. The van der Waals surface area contributed by atoms with Crippen LogP contribution in [0.5, 0.6) is 0 Å². The average Bonchev–Trinajstić information content (AvgIpc) is 2.62. The zero-order valence-corrected chi connectivity index (χ0v) is 11.5. The van der Waals surface area contributed by atoms with E-state index in [0.717, 1.165) is 6.04 Å². The summed E-state index contributed by atoms with van der Waals surface area (Å²) in [5, 5.41) is 3.47. The summed E-state index contributed by atoms with van der Waals surface area (Å²) in [6.45, 7) is 10.7. The molecule has 16 heavy (non-hydrogen) atoms. The topological polar surface area (TPSA) is 15.3 Å². The van der Waals surface area contributed by atoms with Gasteiger partial charge < -0.3 is 10.2 Å². The SMILES string of the molecule is CC(C)NCCCCCCN1CCCC1C. The Kier molecular flexibility index (Phi) is 7.06. The van der Waals surface area contributed by atoms with Gasteiger partial charge in [0.05, 0.1) is 0 Å². The first-order valence-corrected chi connectivity index (χ1v) is 7.17. The molecule has 1 fully saturated rings. The van der Waals surface area contributed by atoms with E-state index in [0.29, 0.717) is 6.04 Å². The van der Waals surface area contributed by atoms with Gasteiger partial charge in [-0.1, -0.05) is 26.7 Å². The number of nitrogens with one attached hydrogen (secondary N) is 1. The van der Waals surface area contributed by atoms with E-state index in [1.165, 1.54) is 58.2 Å². The number of nitrogens with zero attached hydrogens (tertiary/aromatic N) is 1. The van der Waals surface area contributed by atoms with Gasteiger partial charge in [-0.2, -0.15) is 0 Å². The van der Waals surface area contributed by atoms with Crippen LogP contribution in [0.1, 0.15) is 59.3 Å². The van der Waals surface area contributed by atoms with Crippen LogP contribution in [0.15, 0.2) is 0 Å². The summed E-state index contributed by atoms with van der Waals surface area (Å²) in [6.07, 6.45) is 8.36. The lowest BCUT2D eigenvalue weighted by Gasteiger charge is -2.20. The molecule has 0 aromatic rings. The first-order chi connectivity index (χ1) is 7.70. The Morgan fingerprint density at radius 1 is 1.19 bits per heavy atom. The third kappa shape index (κ3) is 5.86. The standard InChI is InChI=1S/C14H30N2/c1-13(2)15-10-6-4-5-7-11-16-12-8-9-14(16)3/h13-15H,4-12H2,1-3H3. The van der Waals surface area contributed by atoms with Crippen molar-refractivity contribution in [1.82, 2.24) is 10.2 Å². The van der Waals surface area contributed by atoms with Crippen LogP contribution in [0, 0.1) is 0 Å². The minimum absolute atomic E-state index is 0.644. The van der Waals surface area contributed by atoms with Crippen molar-refractivity contribution in [2.75, 3.05) is 19.6 Å². The Hall–Kier alpha value is -0.0800. The number of unbranched alkanes of at least 4 members (excludes halogenated alkanes) is 3. The molecular formula is C14H30N2. The second-order valence-electron chi connectivity index (χ2n) is 5.55. The predicted molar refractivity (Wildman–Crippen MR) is 71.9 cm³/mol.